The van der Waals surface area contributed by atoms with E-state index in [1.807, 2.05) is 4.90 Å². The molecule has 2 unspecified atom stereocenters. The Kier molecular flexibility index (Phi) is 5.79. The third-order valence-corrected chi connectivity index (χ3v) is 4.06. The summed E-state index contributed by atoms with van der Waals surface area (Å²) >= 11 is 0. The Hall–Kier alpha value is -1.14. The average molecular weight is 283 g/mol. The number of ether oxygens (including phenoxy) is 1. The van der Waals surface area contributed by atoms with Crippen molar-refractivity contribution in [1.29, 1.82) is 0 Å². The van der Waals surface area contributed by atoms with Gasteiger partial charge in [0.1, 0.15) is 0 Å². The zero-order chi connectivity index (χ0) is 14.4. The van der Waals surface area contributed by atoms with Gasteiger partial charge in [0.05, 0.1) is 18.7 Å². The second-order valence-electron chi connectivity index (χ2n) is 5.54. The van der Waals surface area contributed by atoms with E-state index in [9.17, 15) is 9.59 Å². The van der Waals surface area contributed by atoms with Crippen LogP contribution in [0.3, 0.4) is 0 Å². The summed E-state index contributed by atoms with van der Waals surface area (Å²) < 4.78 is 5.48. The third kappa shape index (κ3) is 4.18. The van der Waals surface area contributed by atoms with Crippen molar-refractivity contribution >= 4 is 11.8 Å². The first-order valence-electron chi connectivity index (χ1n) is 7.54. The summed E-state index contributed by atoms with van der Waals surface area (Å²) in [5.74, 6) is -0.00655. The summed E-state index contributed by atoms with van der Waals surface area (Å²) in [5, 5.41) is 5.59. The van der Waals surface area contributed by atoms with Crippen molar-refractivity contribution < 1.29 is 14.3 Å². The summed E-state index contributed by atoms with van der Waals surface area (Å²) in [4.78, 5) is 25.8. The fraction of sp³-hybridized carbons (Fsp3) is 0.857. The van der Waals surface area contributed by atoms with Crippen LogP contribution in [0.15, 0.2) is 0 Å². The van der Waals surface area contributed by atoms with Gasteiger partial charge in [-0.25, -0.2) is 0 Å². The molecule has 2 saturated heterocycles. The first-order valence-corrected chi connectivity index (χ1v) is 7.54. The number of carbonyl (C=O) groups is 2. The highest BCUT2D eigenvalue weighted by molar-refractivity contribution is 5.83. The van der Waals surface area contributed by atoms with Crippen LogP contribution < -0.4 is 10.6 Å². The smallest absolute Gasteiger partial charge is 0.237 e. The van der Waals surface area contributed by atoms with E-state index in [1.165, 1.54) is 0 Å². The molecule has 0 aromatic carbocycles. The van der Waals surface area contributed by atoms with Crippen molar-refractivity contribution in [3.8, 4) is 0 Å². The van der Waals surface area contributed by atoms with E-state index in [4.69, 9.17) is 4.74 Å². The van der Waals surface area contributed by atoms with Crippen molar-refractivity contribution in [2.75, 3.05) is 33.3 Å². The summed E-state index contributed by atoms with van der Waals surface area (Å²) in [6.45, 7) is 2.49. The minimum absolute atomic E-state index is 0.0108. The second-order valence-corrected chi connectivity index (χ2v) is 5.54. The molecular weight excluding hydrogens is 258 g/mol. The Bertz CT molecular complexity index is 343. The van der Waals surface area contributed by atoms with Gasteiger partial charge in [0.2, 0.25) is 11.8 Å². The van der Waals surface area contributed by atoms with E-state index in [1.54, 1.807) is 7.05 Å². The zero-order valence-electron chi connectivity index (χ0n) is 12.2. The van der Waals surface area contributed by atoms with Crippen LogP contribution in [0, 0.1) is 0 Å². The Morgan fingerprint density at radius 2 is 2.10 bits per heavy atom. The number of hydrogen-bond donors (Lipinski definition) is 2. The molecule has 114 valence electrons. The highest BCUT2D eigenvalue weighted by atomic mass is 16.5. The van der Waals surface area contributed by atoms with Crippen LogP contribution in [0.2, 0.25) is 0 Å². The van der Waals surface area contributed by atoms with Gasteiger partial charge in [0.15, 0.2) is 0 Å². The predicted molar refractivity (Wildman–Crippen MR) is 75.3 cm³/mol. The number of carbonyl (C=O) groups excluding carboxylic acids is 2. The molecule has 0 aromatic rings. The van der Waals surface area contributed by atoms with Crippen LogP contribution in [-0.2, 0) is 14.3 Å². The maximum atomic E-state index is 12.0. The minimum atomic E-state index is -0.165. The van der Waals surface area contributed by atoms with E-state index < -0.39 is 0 Å². The standard InChI is InChI=1S/C14H25N3O3/c1-15-14(19)12-6-2-3-7-17(12)10-13(18)16-9-11-5-4-8-20-11/h11-12H,2-10H2,1H3,(H,15,19)(H,16,18). The van der Waals surface area contributed by atoms with E-state index in [0.29, 0.717) is 13.1 Å². The maximum absolute atomic E-state index is 12.0. The van der Waals surface area contributed by atoms with Gasteiger partial charge >= 0.3 is 0 Å². The Labute approximate surface area is 120 Å². The van der Waals surface area contributed by atoms with E-state index >= 15 is 0 Å². The van der Waals surface area contributed by atoms with Crippen molar-refractivity contribution in [1.82, 2.24) is 15.5 Å². The molecule has 2 heterocycles. The molecule has 0 radical (unpaired) electrons. The number of hydrogen-bond acceptors (Lipinski definition) is 4. The number of likely N-dealkylation sites (tertiary alicyclic amines) is 1. The first kappa shape index (κ1) is 15.3. The number of piperidine rings is 1. The molecule has 6 nitrogen and oxygen atoms in total. The molecule has 0 bridgehead atoms. The fourth-order valence-electron chi connectivity index (χ4n) is 2.92. The molecule has 0 aromatic heterocycles. The number of nitrogens with zero attached hydrogens (tertiary/aromatic N) is 1. The largest absolute Gasteiger partial charge is 0.376 e. The number of rotatable bonds is 5. The van der Waals surface area contributed by atoms with Crippen LogP contribution in [0.25, 0.3) is 0 Å². The molecule has 0 aliphatic carbocycles. The molecule has 0 saturated carbocycles. The SMILES string of the molecule is CNC(=O)C1CCCCN1CC(=O)NCC1CCCO1. The second kappa shape index (κ2) is 7.59. The molecule has 0 spiro atoms. The molecule has 2 rings (SSSR count). The fourth-order valence-corrected chi connectivity index (χ4v) is 2.92. The topological polar surface area (TPSA) is 70.7 Å². The minimum Gasteiger partial charge on any atom is -0.376 e. The molecule has 6 heteroatoms. The van der Waals surface area contributed by atoms with E-state index in [0.717, 1.165) is 45.3 Å². The zero-order valence-corrected chi connectivity index (χ0v) is 12.2. The van der Waals surface area contributed by atoms with Gasteiger partial charge in [-0.15, -0.1) is 0 Å². The lowest BCUT2D eigenvalue weighted by molar-refractivity contribution is -0.130. The van der Waals surface area contributed by atoms with Crippen LogP contribution in [0.1, 0.15) is 32.1 Å². The molecule has 2 amide bonds. The molecular formula is C14H25N3O3. The molecule has 2 fully saturated rings. The van der Waals surface area contributed by atoms with Gasteiger partial charge in [0, 0.05) is 20.2 Å². The number of amides is 2. The normalized spacial score (nSPS) is 27.2. The van der Waals surface area contributed by atoms with E-state index in [-0.39, 0.29) is 24.0 Å². The van der Waals surface area contributed by atoms with E-state index in [2.05, 4.69) is 10.6 Å². The summed E-state index contributed by atoms with van der Waals surface area (Å²) in [6.07, 6.45) is 5.18. The van der Waals surface area contributed by atoms with Gasteiger partial charge in [-0.05, 0) is 32.2 Å². The van der Waals surface area contributed by atoms with Gasteiger partial charge < -0.3 is 15.4 Å². The van der Waals surface area contributed by atoms with Crippen LogP contribution >= 0.6 is 0 Å². The lowest BCUT2D eigenvalue weighted by atomic mass is 10.0. The lowest BCUT2D eigenvalue weighted by Crippen LogP contribution is -2.52. The molecule has 20 heavy (non-hydrogen) atoms. The summed E-state index contributed by atoms with van der Waals surface area (Å²) in [5.41, 5.74) is 0. The van der Waals surface area contributed by atoms with Crippen molar-refractivity contribution in [3.05, 3.63) is 0 Å². The number of likely N-dealkylation sites (N-methyl/N-ethyl adjacent to an activating group) is 1. The van der Waals surface area contributed by atoms with Gasteiger partial charge in [-0.2, -0.15) is 0 Å². The monoisotopic (exact) mass is 283 g/mol. The van der Waals surface area contributed by atoms with Crippen molar-refractivity contribution in [3.63, 3.8) is 0 Å². The van der Waals surface area contributed by atoms with Crippen molar-refractivity contribution in [2.45, 2.75) is 44.2 Å². The molecule has 2 atom stereocenters. The molecule has 2 N–H and O–H groups in total. The maximum Gasteiger partial charge on any atom is 0.237 e. The quantitative estimate of drug-likeness (QED) is 0.738. The molecule has 2 aliphatic heterocycles. The Morgan fingerprint density at radius 1 is 1.25 bits per heavy atom. The van der Waals surface area contributed by atoms with Crippen LogP contribution in [0.5, 0.6) is 0 Å². The van der Waals surface area contributed by atoms with Crippen molar-refractivity contribution in [2.24, 2.45) is 0 Å². The van der Waals surface area contributed by atoms with Crippen LogP contribution in [0.4, 0.5) is 0 Å². The van der Waals surface area contributed by atoms with Gasteiger partial charge in [0.25, 0.3) is 0 Å². The van der Waals surface area contributed by atoms with Gasteiger partial charge in [-0.1, -0.05) is 6.42 Å². The highest BCUT2D eigenvalue weighted by Gasteiger charge is 2.29. The Balaban J connectivity index is 1.77. The average Bonchev–Trinajstić information content (AvgIpc) is 2.98. The predicted octanol–water partition coefficient (Wildman–Crippen LogP) is -0.118. The summed E-state index contributed by atoms with van der Waals surface area (Å²) in [7, 11) is 1.65. The summed E-state index contributed by atoms with van der Waals surface area (Å²) in [6, 6.07) is -0.165. The number of nitrogens with one attached hydrogen (secondary N) is 2. The molecule has 2 aliphatic rings. The Morgan fingerprint density at radius 3 is 2.80 bits per heavy atom. The van der Waals surface area contributed by atoms with Gasteiger partial charge in [-0.3, -0.25) is 14.5 Å². The highest BCUT2D eigenvalue weighted by Crippen LogP contribution is 2.16. The lowest BCUT2D eigenvalue weighted by Gasteiger charge is -2.33. The van der Waals surface area contributed by atoms with Crippen LogP contribution in [-0.4, -0.2) is 62.1 Å². The first-order chi connectivity index (χ1) is 9.70. The third-order valence-electron chi connectivity index (χ3n) is 4.06.